The van der Waals surface area contributed by atoms with Crippen LogP contribution in [0.2, 0.25) is 0 Å². The molecule has 1 rings (SSSR count). The van der Waals surface area contributed by atoms with E-state index in [0.717, 1.165) is 5.56 Å². The van der Waals surface area contributed by atoms with Crippen molar-refractivity contribution < 1.29 is 24.2 Å². The van der Waals surface area contributed by atoms with Gasteiger partial charge in [-0.05, 0) is 18.4 Å². The topological polar surface area (TPSA) is 72.8 Å². The lowest BCUT2D eigenvalue weighted by molar-refractivity contribution is -0.148. The maximum atomic E-state index is 11.6. The van der Waals surface area contributed by atoms with Crippen LogP contribution in [0.25, 0.3) is 0 Å². The molecule has 5 nitrogen and oxygen atoms in total. The Morgan fingerprint density at radius 3 is 2.35 bits per heavy atom. The summed E-state index contributed by atoms with van der Waals surface area (Å²) in [5.41, 5.74) is 0.852. The van der Waals surface area contributed by atoms with E-state index < -0.39 is 5.97 Å². The number of aliphatic carboxylic acids is 1. The Bertz CT molecular complexity index is 481. The van der Waals surface area contributed by atoms with E-state index in [1.807, 2.05) is 44.2 Å². The van der Waals surface area contributed by atoms with Gasteiger partial charge in [0.05, 0.1) is 19.8 Å². The standard InChI is InChI=1S/C18H26O5/c1-18(2,13-22-12-15-8-4-3-5-9-15)14-23-17(21)11-7-6-10-16(19)20/h3-5,8-9H,6-7,10-14H2,1-2H3,(H,19,20). The van der Waals surface area contributed by atoms with Crippen molar-refractivity contribution in [3.63, 3.8) is 0 Å². The van der Waals surface area contributed by atoms with Gasteiger partial charge in [0.15, 0.2) is 0 Å². The molecule has 0 aromatic heterocycles. The molecular weight excluding hydrogens is 296 g/mol. The molecule has 128 valence electrons. The Morgan fingerprint density at radius 2 is 1.70 bits per heavy atom. The van der Waals surface area contributed by atoms with E-state index in [2.05, 4.69) is 0 Å². The maximum Gasteiger partial charge on any atom is 0.305 e. The Kier molecular flexibility index (Phi) is 8.33. The van der Waals surface area contributed by atoms with Crippen LogP contribution in [0.5, 0.6) is 0 Å². The summed E-state index contributed by atoms with van der Waals surface area (Å²) >= 11 is 0. The summed E-state index contributed by atoms with van der Waals surface area (Å²) in [6.07, 6.45) is 1.38. The molecule has 1 aromatic carbocycles. The van der Waals surface area contributed by atoms with E-state index in [1.54, 1.807) is 0 Å². The van der Waals surface area contributed by atoms with Gasteiger partial charge < -0.3 is 14.6 Å². The number of hydrogen-bond acceptors (Lipinski definition) is 4. The van der Waals surface area contributed by atoms with E-state index in [9.17, 15) is 9.59 Å². The fourth-order valence-corrected chi connectivity index (χ4v) is 1.95. The van der Waals surface area contributed by atoms with Gasteiger partial charge in [-0.2, -0.15) is 0 Å². The lowest BCUT2D eigenvalue weighted by atomic mass is 9.96. The summed E-state index contributed by atoms with van der Waals surface area (Å²) in [7, 11) is 0. The largest absolute Gasteiger partial charge is 0.481 e. The lowest BCUT2D eigenvalue weighted by Gasteiger charge is -2.24. The molecule has 0 aliphatic carbocycles. The summed E-state index contributed by atoms with van der Waals surface area (Å²) in [5, 5.41) is 8.52. The van der Waals surface area contributed by atoms with Crippen molar-refractivity contribution in [1.29, 1.82) is 0 Å². The van der Waals surface area contributed by atoms with Crippen LogP contribution in [0.1, 0.15) is 45.1 Å². The van der Waals surface area contributed by atoms with Gasteiger partial charge in [0.25, 0.3) is 0 Å². The highest BCUT2D eigenvalue weighted by atomic mass is 16.5. The molecule has 0 spiro atoms. The van der Waals surface area contributed by atoms with Crippen molar-refractivity contribution in [3.05, 3.63) is 35.9 Å². The van der Waals surface area contributed by atoms with Crippen LogP contribution in [0.3, 0.4) is 0 Å². The number of rotatable bonds is 11. The van der Waals surface area contributed by atoms with Gasteiger partial charge in [0, 0.05) is 18.3 Å². The molecule has 0 radical (unpaired) electrons. The van der Waals surface area contributed by atoms with Crippen molar-refractivity contribution in [2.45, 2.75) is 46.1 Å². The van der Waals surface area contributed by atoms with Gasteiger partial charge >= 0.3 is 11.9 Å². The zero-order chi connectivity index (χ0) is 17.1. The number of unbranched alkanes of at least 4 members (excludes halogenated alkanes) is 1. The van der Waals surface area contributed by atoms with Crippen LogP contribution in [0, 0.1) is 5.41 Å². The molecule has 0 amide bonds. The average molecular weight is 322 g/mol. The van der Waals surface area contributed by atoms with Crippen molar-refractivity contribution in [3.8, 4) is 0 Å². The Balaban J connectivity index is 2.16. The first kappa shape index (κ1) is 19.2. The molecule has 1 N–H and O–H groups in total. The predicted molar refractivity (Wildman–Crippen MR) is 86.9 cm³/mol. The summed E-state index contributed by atoms with van der Waals surface area (Å²) in [6, 6.07) is 9.91. The summed E-state index contributed by atoms with van der Waals surface area (Å²) in [5.74, 6) is -1.12. The molecule has 5 heteroatoms. The summed E-state index contributed by atoms with van der Waals surface area (Å²) < 4.78 is 10.9. The lowest BCUT2D eigenvalue weighted by Crippen LogP contribution is -2.27. The number of carbonyl (C=O) groups excluding carboxylic acids is 1. The van der Waals surface area contributed by atoms with Crippen molar-refractivity contribution in [2.75, 3.05) is 13.2 Å². The third-order valence-electron chi connectivity index (χ3n) is 3.25. The highest BCUT2D eigenvalue weighted by Crippen LogP contribution is 2.17. The normalized spacial score (nSPS) is 11.2. The van der Waals surface area contributed by atoms with Crippen LogP contribution < -0.4 is 0 Å². The SMILES string of the molecule is CC(C)(COCc1ccccc1)COC(=O)CCCCC(=O)O. The Labute approximate surface area is 137 Å². The average Bonchev–Trinajstić information content (AvgIpc) is 2.50. The summed E-state index contributed by atoms with van der Waals surface area (Å²) in [4.78, 5) is 22.0. The first-order chi connectivity index (χ1) is 10.9. The van der Waals surface area contributed by atoms with Crippen LogP contribution in [0.4, 0.5) is 0 Å². The molecule has 0 unspecified atom stereocenters. The fraction of sp³-hybridized carbons (Fsp3) is 0.556. The molecular formula is C18H26O5. The van der Waals surface area contributed by atoms with Crippen LogP contribution in [-0.2, 0) is 25.7 Å². The van der Waals surface area contributed by atoms with E-state index in [1.165, 1.54) is 0 Å². The monoisotopic (exact) mass is 322 g/mol. The van der Waals surface area contributed by atoms with Crippen molar-refractivity contribution in [2.24, 2.45) is 5.41 Å². The maximum absolute atomic E-state index is 11.6. The number of benzene rings is 1. The van der Waals surface area contributed by atoms with Gasteiger partial charge in [-0.1, -0.05) is 44.2 Å². The van der Waals surface area contributed by atoms with E-state index in [0.29, 0.717) is 32.7 Å². The number of esters is 1. The number of hydrogen-bond donors (Lipinski definition) is 1. The van der Waals surface area contributed by atoms with Gasteiger partial charge in [-0.15, -0.1) is 0 Å². The summed E-state index contributed by atoms with van der Waals surface area (Å²) in [6.45, 7) is 5.28. The first-order valence-corrected chi connectivity index (χ1v) is 7.88. The predicted octanol–water partition coefficient (Wildman–Crippen LogP) is 3.42. The second kappa shape index (κ2) is 10.0. The zero-order valence-corrected chi connectivity index (χ0v) is 13.9. The van der Waals surface area contributed by atoms with Crippen molar-refractivity contribution in [1.82, 2.24) is 0 Å². The van der Waals surface area contributed by atoms with Gasteiger partial charge in [0.1, 0.15) is 0 Å². The smallest absolute Gasteiger partial charge is 0.305 e. The molecule has 0 heterocycles. The molecule has 0 saturated heterocycles. The number of carbonyl (C=O) groups is 2. The highest BCUT2D eigenvalue weighted by Gasteiger charge is 2.20. The van der Waals surface area contributed by atoms with Gasteiger partial charge in [0.2, 0.25) is 0 Å². The first-order valence-electron chi connectivity index (χ1n) is 7.88. The van der Waals surface area contributed by atoms with E-state index >= 15 is 0 Å². The minimum atomic E-state index is -0.838. The van der Waals surface area contributed by atoms with E-state index in [4.69, 9.17) is 14.6 Å². The molecule has 0 aliphatic rings. The second-order valence-corrected chi connectivity index (χ2v) is 6.40. The van der Waals surface area contributed by atoms with E-state index in [-0.39, 0.29) is 24.2 Å². The Hall–Kier alpha value is -1.88. The number of ether oxygens (including phenoxy) is 2. The molecule has 0 atom stereocenters. The Morgan fingerprint density at radius 1 is 1.04 bits per heavy atom. The zero-order valence-electron chi connectivity index (χ0n) is 13.9. The minimum absolute atomic E-state index is 0.0894. The highest BCUT2D eigenvalue weighted by molar-refractivity contribution is 5.69. The quantitative estimate of drug-likeness (QED) is 0.499. The van der Waals surface area contributed by atoms with Crippen LogP contribution in [-0.4, -0.2) is 30.3 Å². The molecule has 0 bridgehead atoms. The van der Waals surface area contributed by atoms with Crippen molar-refractivity contribution >= 4 is 11.9 Å². The number of carboxylic acid groups (broad SMARTS) is 1. The molecule has 0 fully saturated rings. The van der Waals surface area contributed by atoms with Crippen LogP contribution >= 0.6 is 0 Å². The minimum Gasteiger partial charge on any atom is -0.481 e. The van der Waals surface area contributed by atoms with Gasteiger partial charge in [-0.25, -0.2) is 0 Å². The van der Waals surface area contributed by atoms with Gasteiger partial charge in [-0.3, -0.25) is 9.59 Å². The third kappa shape index (κ3) is 9.68. The third-order valence-corrected chi connectivity index (χ3v) is 3.25. The number of carboxylic acids is 1. The fourth-order valence-electron chi connectivity index (χ4n) is 1.95. The molecule has 1 aromatic rings. The second-order valence-electron chi connectivity index (χ2n) is 6.40. The molecule has 23 heavy (non-hydrogen) atoms. The molecule has 0 saturated carbocycles. The van der Waals surface area contributed by atoms with Crippen LogP contribution in [0.15, 0.2) is 30.3 Å². The molecule has 0 aliphatic heterocycles.